The number of rotatable bonds is 2. The van der Waals surface area contributed by atoms with Crippen molar-refractivity contribution in [2.75, 3.05) is 5.32 Å². The Kier molecular flexibility index (Phi) is 6.15. The maximum absolute atomic E-state index is 12.9. The summed E-state index contributed by atoms with van der Waals surface area (Å²) in [5.41, 5.74) is 5.95. The summed E-state index contributed by atoms with van der Waals surface area (Å²) >= 11 is 3.21. The van der Waals surface area contributed by atoms with Gasteiger partial charge in [-0.3, -0.25) is 0 Å². The average Bonchev–Trinajstić information content (AvgIpc) is 2.56. The van der Waals surface area contributed by atoms with Crippen LogP contribution in [0.15, 0.2) is 70.1 Å². The molecule has 8 heteroatoms. The predicted octanol–water partition coefficient (Wildman–Crippen LogP) is 6.10. The number of alkyl halides is 3. The number of benzene rings is 3. The van der Waals surface area contributed by atoms with Gasteiger partial charge in [-0.05, 0) is 45.6 Å². The number of halogens is 5. The molecule has 0 radical (unpaired) electrons. The van der Waals surface area contributed by atoms with E-state index in [1.54, 1.807) is 6.07 Å². The molecular weight excluding hydrogens is 431 g/mol. The lowest BCUT2D eigenvalue weighted by Gasteiger charge is -2.12. The fraction of sp³-hybridized carbons (Fsp3) is 0.0556. The average molecular weight is 445 g/mol. The molecule has 3 rings (SSSR count). The third-order valence-corrected chi connectivity index (χ3v) is 4.26. The minimum atomic E-state index is -4.43. The van der Waals surface area contributed by atoms with Crippen molar-refractivity contribution >= 4 is 56.4 Å². The van der Waals surface area contributed by atoms with Gasteiger partial charge in [0.2, 0.25) is 0 Å². The molecule has 0 amide bonds. The lowest BCUT2D eigenvalue weighted by Crippen LogP contribution is -2.22. The zero-order chi connectivity index (χ0) is 18.0. The fourth-order valence-electron chi connectivity index (χ4n) is 2.40. The summed E-state index contributed by atoms with van der Waals surface area (Å²) in [4.78, 5) is 4.30. The van der Waals surface area contributed by atoms with Gasteiger partial charge in [-0.15, -0.1) is 12.4 Å². The standard InChI is InChI=1S/C18H13BrF3N3.ClH/c19-14-9-8-12(18(20,21)22)10-16(14)25-17(23)24-15-7-3-5-11-4-1-2-6-13(11)15;/h1-10H,(H3,23,24,25);1H. The molecule has 3 aromatic carbocycles. The number of nitrogens with one attached hydrogen (secondary N) is 1. The molecule has 0 fully saturated rings. The largest absolute Gasteiger partial charge is 0.416 e. The van der Waals surface area contributed by atoms with Crippen LogP contribution in [-0.2, 0) is 6.18 Å². The van der Waals surface area contributed by atoms with E-state index in [0.29, 0.717) is 10.2 Å². The normalized spacial score (nSPS) is 11.9. The molecule has 26 heavy (non-hydrogen) atoms. The van der Waals surface area contributed by atoms with Crippen molar-refractivity contribution in [1.29, 1.82) is 0 Å². The van der Waals surface area contributed by atoms with Crippen LogP contribution in [0.3, 0.4) is 0 Å². The molecular formula is C18H14BrClF3N3. The van der Waals surface area contributed by atoms with E-state index in [2.05, 4.69) is 26.2 Å². The highest BCUT2D eigenvalue weighted by atomic mass is 79.9. The van der Waals surface area contributed by atoms with Crippen molar-refractivity contribution in [3.05, 3.63) is 70.7 Å². The van der Waals surface area contributed by atoms with Gasteiger partial charge in [0, 0.05) is 9.86 Å². The lowest BCUT2D eigenvalue weighted by molar-refractivity contribution is -0.137. The van der Waals surface area contributed by atoms with Gasteiger partial charge >= 0.3 is 6.18 Å². The number of aliphatic imine (C=N–C) groups is 1. The Morgan fingerprint density at radius 2 is 1.69 bits per heavy atom. The molecule has 0 saturated heterocycles. The summed E-state index contributed by atoms with van der Waals surface area (Å²) in [7, 11) is 0. The molecule has 0 spiro atoms. The molecule has 0 aromatic heterocycles. The van der Waals surface area contributed by atoms with Gasteiger partial charge < -0.3 is 11.1 Å². The second-order valence-corrected chi connectivity index (χ2v) is 6.17. The Morgan fingerprint density at radius 1 is 1.00 bits per heavy atom. The number of anilines is 1. The zero-order valence-electron chi connectivity index (χ0n) is 13.2. The van der Waals surface area contributed by atoms with E-state index in [4.69, 9.17) is 5.73 Å². The summed E-state index contributed by atoms with van der Waals surface area (Å²) < 4.78 is 39.0. The third kappa shape index (κ3) is 4.47. The highest BCUT2D eigenvalue weighted by Gasteiger charge is 2.30. The molecule has 3 N–H and O–H groups in total. The number of hydrogen-bond donors (Lipinski definition) is 2. The second kappa shape index (κ2) is 7.97. The van der Waals surface area contributed by atoms with Crippen molar-refractivity contribution in [3.8, 4) is 0 Å². The highest BCUT2D eigenvalue weighted by Crippen LogP contribution is 2.34. The number of nitrogens with zero attached hydrogens (tertiary/aromatic N) is 1. The van der Waals surface area contributed by atoms with Crippen LogP contribution >= 0.6 is 28.3 Å². The van der Waals surface area contributed by atoms with Crippen molar-refractivity contribution < 1.29 is 13.2 Å². The molecule has 0 aliphatic heterocycles. The topological polar surface area (TPSA) is 50.4 Å². The van der Waals surface area contributed by atoms with Gasteiger partial charge in [0.05, 0.1) is 16.9 Å². The minimum Gasteiger partial charge on any atom is -0.369 e. The Hall–Kier alpha value is -2.25. The van der Waals surface area contributed by atoms with Gasteiger partial charge in [-0.25, -0.2) is 4.99 Å². The first kappa shape index (κ1) is 20.1. The summed E-state index contributed by atoms with van der Waals surface area (Å²) in [5.74, 6) is -0.00335. The molecule has 0 saturated carbocycles. The van der Waals surface area contributed by atoms with Crippen LogP contribution in [0.1, 0.15) is 5.56 Å². The first-order chi connectivity index (χ1) is 11.8. The Morgan fingerprint density at radius 3 is 2.42 bits per heavy atom. The van der Waals surface area contributed by atoms with Crippen LogP contribution in [-0.4, -0.2) is 5.96 Å². The monoisotopic (exact) mass is 443 g/mol. The van der Waals surface area contributed by atoms with Gasteiger partial charge in [0.1, 0.15) is 0 Å². The van der Waals surface area contributed by atoms with Crippen LogP contribution in [0, 0.1) is 0 Å². The first-order valence-electron chi connectivity index (χ1n) is 7.30. The molecule has 3 nitrogen and oxygen atoms in total. The van der Waals surface area contributed by atoms with Crippen LogP contribution in [0.4, 0.5) is 24.5 Å². The summed E-state index contributed by atoms with van der Waals surface area (Å²) in [5, 5.41) is 4.61. The summed E-state index contributed by atoms with van der Waals surface area (Å²) in [6, 6.07) is 16.5. The van der Waals surface area contributed by atoms with Gasteiger partial charge in [-0.2, -0.15) is 13.2 Å². The van der Waals surface area contributed by atoms with E-state index < -0.39 is 11.7 Å². The number of nitrogens with two attached hydrogens (primary N) is 1. The maximum atomic E-state index is 12.9. The second-order valence-electron chi connectivity index (χ2n) is 5.31. The van der Waals surface area contributed by atoms with Crippen LogP contribution < -0.4 is 11.1 Å². The quantitative estimate of drug-likeness (QED) is 0.370. The molecule has 136 valence electrons. The van der Waals surface area contributed by atoms with Crippen LogP contribution in [0.5, 0.6) is 0 Å². The summed E-state index contributed by atoms with van der Waals surface area (Å²) in [6.07, 6.45) is -4.43. The van der Waals surface area contributed by atoms with E-state index in [1.807, 2.05) is 36.4 Å². The van der Waals surface area contributed by atoms with Crippen LogP contribution in [0.25, 0.3) is 10.8 Å². The smallest absolute Gasteiger partial charge is 0.369 e. The lowest BCUT2D eigenvalue weighted by atomic mass is 10.1. The zero-order valence-corrected chi connectivity index (χ0v) is 15.6. The van der Waals surface area contributed by atoms with Crippen molar-refractivity contribution in [3.63, 3.8) is 0 Å². The first-order valence-corrected chi connectivity index (χ1v) is 8.09. The molecule has 3 aromatic rings. The van der Waals surface area contributed by atoms with Crippen molar-refractivity contribution in [2.24, 2.45) is 10.7 Å². The van der Waals surface area contributed by atoms with E-state index in [0.717, 1.165) is 22.9 Å². The number of hydrogen-bond acceptors (Lipinski definition) is 1. The SMILES string of the molecule is Cl.NC(=Nc1cccc2ccccc12)Nc1cc(C(F)(F)F)ccc1Br. The molecule has 0 aliphatic carbocycles. The molecule has 0 atom stereocenters. The summed E-state index contributed by atoms with van der Waals surface area (Å²) in [6.45, 7) is 0. The Balaban J connectivity index is 0.00000243. The molecule has 0 aliphatic rings. The van der Waals surface area contributed by atoms with E-state index in [-0.39, 0.29) is 24.1 Å². The molecule has 0 bridgehead atoms. The van der Waals surface area contributed by atoms with Crippen molar-refractivity contribution in [2.45, 2.75) is 6.18 Å². The van der Waals surface area contributed by atoms with E-state index in [1.165, 1.54) is 6.07 Å². The Bertz CT molecular complexity index is 953. The predicted molar refractivity (Wildman–Crippen MR) is 105 cm³/mol. The van der Waals surface area contributed by atoms with E-state index in [9.17, 15) is 13.2 Å². The number of fused-ring (bicyclic) bond motifs is 1. The molecule has 0 unspecified atom stereocenters. The van der Waals surface area contributed by atoms with Crippen LogP contribution in [0.2, 0.25) is 0 Å². The van der Waals surface area contributed by atoms with Gasteiger partial charge in [0.25, 0.3) is 0 Å². The van der Waals surface area contributed by atoms with Crippen molar-refractivity contribution in [1.82, 2.24) is 0 Å². The van der Waals surface area contributed by atoms with Gasteiger partial charge in [0.15, 0.2) is 5.96 Å². The minimum absolute atomic E-state index is 0. The van der Waals surface area contributed by atoms with Gasteiger partial charge in [-0.1, -0.05) is 36.4 Å². The fourth-order valence-corrected chi connectivity index (χ4v) is 2.74. The highest BCUT2D eigenvalue weighted by molar-refractivity contribution is 9.10. The Labute approximate surface area is 162 Å². The third-order valence-electron chi connectivity index (χ3n) is 3.56. The number of guanidine groups is 1. The maximum Gasteiger partial charge on any atom is 0.416 e. The molecule has 0 heterocycles. The van der Waals surface area contributed by atoms with E-state index >= 15 is 0 Å².